The largest absolute Gasteiger partial charge is 0.528 e. The van der Waals surface area contributed by atoms with Gasteiger partial charge in [0.05, 0.1) is 0 Å². The van der Waals surface area contributed by atoms with Crippen molar-refractivity contribution in [3.05, 3.63) is 71.8 Å². The van der Waals surface area contributed by atoms with Gasteiger partial charge in [0.25, 0.3) is 0 Å². The molecule has 0 bridgehead atoms. The summed E-state index contributed by atoms with van der Waals surface area (Å²) in [5, 5.41) is 0. The van der Waals surface area contributed by atoms with Gasteiger partial charge in [-0.1, -0.05) is 74.5 Å². The Balaban J connectivity index is 2.73. The standard InChI is InChI=1S/C17H20O2Si/c1-13(2)17(16(18)19-20,14-9-5-3-6-10-14)15-11-7-4-8-12-15/h3-13H,1-2,20H3. The van der Waals surface area contributed by atoms with E-state index in [1.54, 1.807) is 0 Å². The van der Waals surface area contributed by atoms with Crippen LogP contribution in [-0.2, 0) is 14.6 Å². The lowest BCUT2D eigenvalue weighted by molar-refractivity contribution is -0.140. The van der Waals surface area contributed by atoms with Crippen LogP contribution in [-0.4, -0.2) is 16.5 Å². The molecule has 0 heterocycles. The molecule has 0 aliphatic rings. The minimum Gasteiger partial charge on any atom is -0.528 e. The van der Waals surface area contributed by atoms with Crippen LogP contribution in [0.2, 0.25) is 0 Å². The monoisotopic (exact) mass is 284 g/mol. The van der Waals surface area contributed by atoms with E-state index < -0.39 is 5.41 Å². The number of carbonyl (C=O) groups is 1. The minimum absolute atomic E-state index is 0.105. The number of rotatable bonds is 4. The third kappa shape index (κ3) is 2.29. The molecule has 0 N–H and O–H groups in total. The summed E-state index contributed by atoms with van der Waals surface area (Å²) in [7, 11) is 0.402. The quantitative estimate of drug-likeness (QED) is 0.806. The van der Waals surface area contributed by atoms with Crippen LogP contribution in [0.1, 0.15) is 25.0 Å². The van der Waals surface area contributed by atoms with Crippen LogP contribution in [0.15, 0.2) is 60.7 Å². The summed E-state index contributed by atoms with van der Waals surface area (Å²) in [4.78, 5) is 12.7. The molecule has 0 unspecified atom stereocenters. The Bertz CT molecular complexity index is 525. The first kappa shape index (κ1) is 14.5. The molecule has 0 aliphatic carbocycles. The van der Waals surface area contributed by atoms with E-state index in [4.69, 9.17) is 4.43 Å². The first-order valence-electron chi connectivity index (χ1n) is 6.83. The van der Waals surface area contributed by atoms with E-state index in [1.165, 1.54) is 0 Å². The average molecular weight is 284 g/mol. The Labute approximate surface area is 123 Å². The maximum Gasteiger partial charge on any atom is 0.307 e. The van der Waals surface area contributed by atoms with E-state index >= 15 is 0 Å². The lowest BCUT2D eigenvalue weighted by atomic mass is 9.67. The molecular weight excluding hydrogens is 264 g/mol. The fourth-order valence-corrected chi connectivity index (χ4v) is 3.19. The number of carbonyl (C=O) groups excluding carboxylic acids is 1. The van der Waals surface area contributed by atoms with Gasteiger partial charge >= 0.3 is 5.97 Å². The van der Waals surface area contributed by atoms with E-state index in [0.717, 1.165) is 11.1 Å². The second kappa shape index (κ2) is 6.05. The van der Waals surface area contributed by atoms with Crippen LogP contribution in [0.3, 0.4) is 0 Å². The maximum absolute atomic E-state index is 12.7. The van der Waals surface area contributed by atoms with Crippen molar-refractivity contribution in [3.63, 3.8) is 0 Å². The van der Waals surface area contributed by atoms with E-state index in [9.17, 15) is 4.79 Å². The van der Waals surface area contributed by atoms with Gasteiger partial charge in [-0.3, -0.25) is 4.79 Å². The van der Waals surface area contributed by atoms with Crippen molar-refractivity contribution < 1.29 is 9.22 Å². The molecule has 0 aliphatic heterocycles. The lowest BCUT2D eigenvalue weighted by Gasteiger charge is -2.36. The van der Waals surface area contributed by atoms with Gasteiger partial charge in [0.15, 0.2) is 0 Å². The Morgan fingerprint density at radius 3 is 1.65 bits per heavy atom. The molecule has 0 amide bonds. The first-order valence-corrected chi connectivity index (χ1v) is 7.65. The zero-order chi connectivity index (χ0) is 14.6. The first-order chi connectivity index (χ1) is 9.64. The molecule has 3 heteroatoms. The van der Waals surface area contributed by atoms with Crippen molar-refractivity contribution in [3.8, 4) is 0 Å². The predicted molar refractivity (Wildman–Crippen MR) is 84.5 cm³/mol. The van der Waals surface area contributed by atoms with Crippen LogP contribution in [0, 0.1) is 5.92 Å². The molecule has 0 aromatic heterocycles. The summed E-state index contributed by atoms with van der Waals surface area (Å²) in [5.41, 5.74) is 1.24. The van der Waals surface area contributed by atoms with Crippen molar-refractivity contribution in [2.24, 2.45) is 5.92 Å². The summed E-state index contributed by atoms with van der Waals surface area (Å²) in [6.07, 6.45) is 0. The summed E-state index contributed by atoms with van der Waals surface area (Å²) in [5.74, 6) is -0.0506. The summed E-state index contributed by atoms with van der Waals surface area (Å²) in [6.45, 7) is 4.14. The molecule has 2 rings (SSSR count). The molecule has 0 saturated heterocycles. The van der Waals surface area contributed by atoms with Gasteiger partial charge in [0.2, 0.25) is 10.5 Å². The van der Waals surface area contributed by atoms with E-state index in [2.05, 4.69) is 13.8 Å². The van der Waals surface area contributed by atoms with Crippen molar-refractivity contribution in [2.45, 2.75) is 19.3 Å². The molecular formula is C17H20O2Si. The SMILES string of the molecule is CC(C)C(C(=O)O[SiH3])(c1ccccc1)c1ccccc1. The fourth-order valence-electron chi connectivity index (χ4n) is 2.87. The van der Waals surface area contributed by atoms with Gasteiger partial charge < -0.3 is 4.43 Å². The summed E-state index contributed by atoms with van der Waals surface area (Å²) in [6, 6.07) is 19.8. The summed E-state index contributed by atoms with van der Waals surface area (Å²) >= 11 is 0. The van der Waals surface area contributed by atoms with Crippen LogP contribution in [0.4, 0.5) is 0 Å². The molecule has 0 atom stereocenters. The lowest BCUT2D eigenvalue weighted by Crippen LogP contribution is -2.43. The highest BCUT2D eigenvalue weighted by molar-refractivity contribution is 6.08. The number of hydrogen-bond acceptors (Lipinski definition) is 2. The molecule has 2 aromatic rings. The Hall–Kier alpha value is -1.87. The van der Waals surface area contributed by atoms with Crippen molar-refractivity contribution in [1.82, 2.24) is 0 Å². The van der Waals surface area contributed by atoms with Gasteiger partial charge in [0, 0.05) is 0 Å². The highest BCUT2D eigenvalue weighted by Crippen LogP contribution is 2.40. The second-order valence-electron chi connectivity index (χ2n) is 5.19. The molecule has 2 nitrogen and oxygen atoms in total. The topological polar surface area (TPSA) is 26.3 Å². The van der Waals surface area contributed by atoms with Gasteiger partial charge in [-0.15, -0.1) is 0 Å². The normalized spacial score (nSPS) is 11.6. The molecule has 20 heavy (non-hydrogen) atoms. The smallest absolute Gasteiger partial charge is 0.307 e. The Morgan fingerprint density at radius 2 is 1.35 bits per heavy atom. The molecule has 0 fully saturated rings. The minimum atomic E-state index is -0.732. The van der Waals surface area contributed by atoms with Crippen molar-refractivity contribution in [2.75, 3.05) is 0 Å². The van der Waals surface area contributed by atoms with Gasteiger partial charge in [0.1, 0.15) is 5.41 Å². The highest BCUT2D eigenvalue weighted by Gasteiger charge is 2.45. The molecule has 0 radical (unpaired) electrons. The average Bonchev–Trinajstić information content (AvgIpc) is 2.49. The van der Waals surface area contributed by atoms with Crippen molar-refractivity contribution >= 4 is 16.5 Å². The zero-order valence-electron chi connectivity index (χ0n) is 12.2. The van der Waals surface area contributed by atoms with E-state index in [-0.39, 0.29) is 11.9 Å². The third-order valence-corrected chi connectivity index (χ3v) is 4.20. The van der Waals surface area contributed by atoms with Crippen molar-refractivity contribution in [1.29, 1.82) is 0 Å². The van der Waals surface area contributed by atoms with Gasteiger partial charge in [-0.05, 0) is 17.0 Å². The van der Waals surface area contributed by atoms with Crippen LogP contribution in [0.25, 0.3) is 0 Å². The molecule has 0 spiro atoms. The predicted octanol–water partition coefficient (Wildman–Crippen LogP) is 2.45. The molecule has 104 valence electrons. The maximum atomic E-state index is 12.7. The second-order valence-corrected chi connectivity index (χ2v) is 5.59. The van der Waals surface area contributed by atoms with Gasteiger partial charge in [-0.2, -0.15) is 0 Å². The zero-order valence-corrected chi connectivity index (χ0v) is 14.2. The van der Waals surface area contributed by atoms with E-state index in [0.29, 0.717) is 10.5 Å². The van der Waals surface area contributed by atoms with Crippen LogP contribution >= 0.6 is 0 Å². The Morgan fingerprint density at radius 1 is 0.950 bits per heavy atom. The van der Waals surface area contributed by atoms with Gasteiger partial charge in [-0.25, -0.2) is 0 Å². The van der Waals surface area contributed by atoms with Crippen LogP contribution in [0.5, 0.6) is 0 Å². The summed E-state index contributed by atoms with van der Waals surface area (Å²) < 4.78 is 5.29. The Kier molecular flexibility index (Phi) is 4.40. The fraction of sp³-hybridized carbons (Fsp3) is 0.235. The number of hydrogen-bond donors (Lipinski definition) is 0. The molecule has 0 saturated carbocycles. The third-order valence-electron chi connectivity index (χ3n) is 3.83. The highest BCUT2D eigenvalue weighted by atomic mass is 28.2. The van der Waals surface area contributed by atoms with E-state index in [1.807, 2.05) is 60.7 Å². The number of benzene rings is 2. The molecule has 2 aromatic carbocycles. The van der Waals surface area contributed by atoms with Crippen LogP contribution < -0.4 is 0 Å².